The number of ketones is 1. The summed E-state index contributed by atoms with van der Waals surface area (Å²) < 4.78 is 58.2. The molecule has 10 rings (SSSR count). The summed E-state index contributed by atoms with van der Waals surface area (Å²) in [5, 5.41) is 47.0. The van der Waals surface area contributed by atoms with Crippen molar-refractivity contribution < 1.29 is 42.4 Å². The first kappa shape index (κ1) is 70.3. The van der Waals surface area contributed by atoms with Gasteiger partial charge in [-0.25, -0.2) is 32.3 Å². The van der Waals surface area contributed by atoms with E-state index in [2.05, 4.69) is 32.5 Å². The number of nitrogens with two attached hydrogens (primary N) is 1. The number of carboxylic acid groups (broad SMARTS) is 1. The second-order valence-corrected chi connectivity index (χ2v) is 27.0. The van der Waals surface area contributed by atoms with E-state index >= 15 is 0 Å². The van der Waals surface area contributed by atoms with Gasteiger partial charge >= 0.3 is 17.3 Å². The predicted octanol–water partition coefficient (Wildman–Crippen LogP) is 9.73. The lowest BCUT2D eigenvalue weighted by Gasteiger charge is -2.31. The van der Waals surface area contributed by atoms with Gasteiger partial charge in [-0.05, 0) is 141 Å². The average Bonchev–Trinajstić information content (AvgIpc) is 1.67. The van der Waals surface area contributed by atoms with Crippen LogP contribution in [0.25, 0.3) is 30.4 Å². The van der Waals surface area contributed by atoms with Crippen LogP contribution in [0.4, 0.5) is 8.78 Å². The van der Waals surface area contributed by atoms with E-state index in [1.54, 1.807) is 27.7 Å². The van der Waals surface area contributed by atoms with Crippen molar-refractivity contribution in [2.24, 2.45) is 23.5 Å². The lowest BCUT2D eigenvalue weighted by atomic mass is 9.88. The van der Waals surface area contributed by atoms with Gasteiger partial charge in [-0.3, -0.25) is 23.5 Å². The smallest absolute Gasteiger partial charge is 0.333 e. The maximum absolute atomic E-state index is 14.8. The van der Waals surface area contributed by atoms with Gasteiger partial charge in [0.2, 0.25) is 0 Å². The fraction of sp³-hybridized carbons (Fsp3) is 0.508. The Morgan fingerprint density at radius 2 is 1.00 bits per heavy atom. The number of hydrogen-bond donors (Lipinski definition) is 2. The summed E-state index contributed by atoms with van der Waals surface area (Å²) in [4.78, 5) is 86.0. The monoisotopic (exact) mass is 1320 g/mol. The summed E-state index contributed by atoms with van der Waals surface area (Å²) >= 11 is 2.29. The molecular weight excluding hydrogens is 1240 g/mol. The molecule has 2 aliphatic carbocycles. The molecule has 2 saturated carbocycles. The third-order valence-corrected chi connectivity index (χ3v) is 19.3. The number of thiophene rings is 2. The van der Waals surface area contributed by atoms with Crippen LogP contribution in [0, 0.1) is 65.9 Å². The zero-order valence-electron chi connectivity index (χ0n) is 54.2. The largest absolute Gasteiger partial charge is 0.496 e. The highest BCUT2D eigenvalue weighted by atomic mass is 32.1. The first-order valence-electron chi connectivity index (χ1n) is 30.7. The molecule has 6 aromatic heterocycles. The Balaban J connectivity index is 0.000000226. The van der Waals surface area contributed by atoms with Gasteiger partial charge in [0.1, 0.15) is 66.1 Å². The highest BCUT2D eigenvalue weighted by molar-refractivity contribution is 7.21. The van der Waals surface area contributed by atoms with E-state index in [9.17, 15) is 53.2 Å². The molecule has 496 valence electrons. The number of carbonyl (C=O) groups is 2. The SMILES string of the molecule is CC(C)N.COc1ccc(F)cc1[C@H](Cn1c(=O)n(C(C)(C)C(=O)CC(C)C)c(=O)c2c(C)c(-n3nccn3)sc21)OC1CCC(C#N)CC1.COc1ccc(F)cc1[C@H](Cn1c(=O)n(C(C)(C)C(=O)O)c(=O)c2c(C)c(-n3nccn3)sc21)OC1CCC(C#N)CC1. The van der Waals surface area contributed by atoms with Crippen LogP contribution in [-0.4, -0.2) is 97.6 Å². The number of fused-ring (bicyclic) bond motifs is 2. The van der Waals surface area contributed by atoms with E-state index in [0.717, 1.165) is 20.5 Å². The number of nitrogens with zero attached hydrogens (tertiary/aromatic N) is 12. The highest BCUT2D eigenvalue weighted by Crippen LogP contribution is 2.40. The number of rotatable bonds is 20. The predicted molar refractivity (Wildman–Crippen MR) is 346 cm³/mol. The lowest BCUT2D eigenvalue weighted by molar-refractivity contribution is -0.146. The number of methoxy groups -OCH3 is 2. The van der Waals surface area contributed by atoms with Gasteiger partial charge < -0.3 is 29.8 Å². The van der Waals surface area contributed by atoms with Gasteiger partial charge in [-0.1, -0.05) is 50.4 Å². The fourth-order valence-corrected chi connectivity index (χ4v) is 14.1. The minimum atomic E-state index is -1.90. The molecule has 0 aliphatic heterocycles. The number of ether oxygens (including phenoxy) is 4. The molecule has 0 amide bonds. The summed E-state index contributed by atoms with van der Waals surface area (Å²) in [6.45, 7) is 16.6. The molecule has 93 heavy (non-hydrogen) atoms. The molecule has 0 saturated heterocycles. The quantitative estimate of drug-likeness (QED) is 0.0717. The zero-order chi connectivity index (χ0) is 68.0. The van der Waals surface area contributed by atoms with E-state index in [4.69, 9.17) is 24.7 Å². The summed E-state index contributed by atoms with van der Waals surface area (Å²) in [5.74, 6) is -2.04. The number of nitriles is 2. The van der Waals surface area contributed by atoms with Gasteiger partial charge in [0.05, 0.1) is 87.2 Å². The normalized spacial score (nSPS) is 17.5. The van der Waals surface area contributed by atoms with Crippen LogP contribution >= 0.6 is 22.7 Å². The molecule has 0 unspecified atom stereocenters. The molecule has 24 nitrogen and oxygen atoms in total. The number of aromatic nitrogens is 10. The van der Waals surface area contributed by atoms with Crippen LogP contribution in [0.5, 0.6) is 11.5 Å². The Kier molecular flexibility index (Phi) is 22.4. The first-order chi connectivity index (χ1) is 44.1. The fourth-order valence-electron chi connectivity index (χ4n) is 11.6. The van der Waals surface area contributed by atoms with E-state index in [1.807, 2.05) is 27.7 Å². The second kappa shape index (κ2) is 29.6. The standard InChI is InChI=1S/C33H39FN6O5S.C29H31FN6O6S.C3H9N/c1-19(2)15-27(41)33(4,5)39-29(42)28-20(3)30(40-36-13-14-37-40)46-31(28)38(32(39)43)18-26(24-16-22(34)9-12-25(24)44-6)45-23-10-7-21(17-35)8-11-23;1-16-23-24(37)35(29(2,3)27(38)39)28(40)34(26(23)43-25(16)36-32-11-12-33-36)15-22(20-13-18(30)7-10-21(20)41-4)42-19-8-5-17(14-31)6-9-19;1-3(2)4/h9,12-14,16,19,21,23,26H,7-8,10-11,15,18H2,1-6H3;7,10-13,17,19,22H,5-6,8-9,15H2,1-4H3,(H,38,39);3H,4H2,1-2H3/t21?,23?,26-;17?,19?,22-;/m00./s1. The number of halogens is 2. The first-order valence-corrected chi connectivity index (χ1v) is 32.3. The molecule has 2 atom stereocenters. The van der Waals surface area contributed by atoms with Crippen molar-refractivity contribution in [1.29, 1.82) is 10.5 Å². The van der Waals surface area contributed by atoms with Crippen LogP contribution in [0.3, 0.4) is 0 Å². The highest BCUT2D eigenvalue weighted by Gasteiger charge is 2.39. The van der Waals surface area contributed by atoms with Crippen molar-refractivity contribution in [3.63, 3.8) is 0 Å². The maximum Gasteiger partial charge on any atom is 0.333 e. The summed E-state index contributed by atoms with van der Waals surface area (Å²) in [6.07, 6.45) is 8.88. The van der Waals surface area contributed by atoms with Crippen LogP contribution in [0.2, 0.25) is 0 Å². The minimum absolute atomic E-state index is 0.0168. The summed E-state index contributed by atoms with van der Waals surface area (Å²) in [5.41, 5.74) is 0.656. The number of hydrogen-bond acceptors (Lipinski definition) is 19. The van der Waals surface area contributed by atoms with Crippen LogP contribution in [-0.2, 0) is 43.2 Å². The number of carbonyl (C=O) groups excluding carboxylic acids is 1. The Bertz CT molecular complexity index is 4320. The molecular formula is C65H79F2N13O11S2. The van der Waals surface area contributed by atoms with Crippen molar-refractivity contribution in [2.75, 3.05) is 14.2 Å². The topological polar surface area (TPSA) is 314 Å². The molecule has 28 heteroatoms. The molecule has 0 bridgehead atoms. The van der Waals surface area contributed by atoms with Crippen LogP contribution < -0.4 is 37.7 Å². The van der Waals surface area contributed by atoms with E-state index < -0.39 is 63.4 Å². The molecule has 0 spiro atoms. The molecule has 2 aliphatic rings. The van der Waals surface area contributed by atoms with Crippen molar-refractivity contribution in [2.45, 2.75) is 182 Å². The van der Waals surface area contributed by atoms with E-state index in [-0.39, 0.29) is 70.9 Å². The molecule has 0 radical (unpaired) electrons. The minimum Gasteiger partial charge on any atom is -0.496 e. The third kappa shape index (κ3) is 15.1. The average molecular weight is 1320 g/mol. The Hall–Kier alpha value is -8.54. The maximum atomic E-state index is 14.8. The van der Waals surface area contributed by atoms with Crippen molar-refractivity contribution in [1.82, 2.24) is 48.3 Å². The second-order valence-electron chi connectivity index (χ2n) is 25.0. The van der Waals surface area contributed by atoms with Gasteiger partial charge in [-0.2, -0.15) is 30.9 Å². The third-order valence-electron chi connectivity index (χ3n) is 16.7. The molecule has 6 heterocycles. The zero-order valence-corrected chi connectivity index (χ0v) is 55.8. The van der Waals surface area contributed by atoms with Crippen molar-refractivity contribution in [3.05, 3.63) is 137 Å². The number of benzene rings is 2. The lowest BCUT2D eigenvalue weighted by Crippen LogP contribution is -2.53. The van der Waals surface area contributed by atoms with Gasteiger partial charge in [0.25, 0.3) is 11.1 Å². The summed E-state index contributed by atoms with van der Waals surface area (Å²) in [7, 11) is 2.92. The number of carboxylic acids is 1. The Labute approximate surface area is 543 Å². The van der Waals surface area contributed by atoms with Crippen LogP contribution in [0.1, 0.15) is 148 Å². The molecule has 3 N–H and O–H groups in total. The summed E-state index contributed by atoms with van der Waals surface area (Å²) in [6, 6.07) is 13.1. The van der Waals surface area contributed by atoms with Gasteiger partial charge in [0.15, 0.2) is 5.78 Å². The van der Waals surface area contributed by atoms with Crippen LogP contribution in [0.15, 0.2) is 80.4 Å². The number of aryl methyl sites for hydroxylation is 2. The van der Waals surface area contributed by atoms with E-state index in [0.29, 0.717) is 106 Å². The van der Waals surface area contributed by atoms with Gasteiger partial charge in [-0.15, -0.1) is 9.59 Å². The van der Waals surface area contributed by atoms with Crippen molar-refractivity contribution >= 4 is 54.9 Å². The number of aliphatic carboxylic acids is 1. The van der Waals surface area contributed by atoms with E-state index in [1.165, 1.54) is 119 Å². The van der Waals surface area contributed by atoms with Gasteiger partial charge in [0, 0.05) is 40.5 Å². The molecule has 2 aromatic carbocycles. The Morgan fingerprint density at radius 1 is 0.645 bits per heavy atom. The molecule has 8 aromatic rings. The van der Waals surface area contributed by atoms with Crippen molar-refractivity contribution in [3.8, 4) is 33.6 Å². The molecule has 2 fully saturated rings. The number of Topliss-reactive ketones (excluding diaryl/α,β-unsaturated/α-hetero) is 1. The Morgan fingerprint density at radius 3 is 1.32 bits per heavy atom.